The van der Waals surface area contributed by atoms with E-state index in [9.17, 15) is 4.79 Å². The number of rotatable bonds is 2. The molecule has 0 atom stereocenters. The van der Waals surface area contributed by atoms with Crippen LogP contribution in [0.15, 0.2) is 30.3 Å². The van der Waals surface area contributed by atoms with Crippen molar-refractivity contribution in [2.24, 2.45) is 5.73 Å². The number of aromatic nitrogens is 1. The molecule has 1 aromatic heterocycles. The smallest absolute Gasteiger partial charge is 0.354 e. The Kier molecular flexibility index (Phi) is 2.88. The van der Waals surface area contributed by atoms with E-state index in [4.69, 9.17) is 23.1 Å². The molecule has 5 nitrogen and oxygen atoms in total. The molecule has 6 heteroatoms. The van der Waals surface area contributed by atoms with E-state index in [2.05, 4.69) is 10.3 Å². The molecular weight excluding hydrogens is 238 g/mol. The molecule has 0 aliphatic carbocycles. The third kappa shape index (κ3) is 2.31. The highest BCUT2D eigenvalue weighted by atomic mass is 32.1. The number of nitrogens with zero attached hydrogens (tertiary/aromatic N) is 1. The van der Waals surface area contributed by atoms with Crippen LogP contribution in [0.5, 0.6) is 0 Å². The number of nitrogens with one attached hydrogen (secondary N) is 1. The highest BCUT2D eigenvalue weighted by molar-refractivity contribution is 7.80. The molecule has 0 saturated heterocycles. The van der Waals surface area contributed by atoms with Crippen LogP contribution in [-0.4, -0.2) is 21.2 Å². The zero-order valence-corrected chi connectivity index (χ0v) is 9.49. The van der Waals surface area contributed by atoms with E-state index >= 15 is 0 Å². The molecule has 0 unspecified atom stereocenters. The first-order valence-electron chi connectivity index (χ1n) is 4.77. The van der Waals surface area contributed by atoms with Gasteiger partial charge in [-0.1, -0.05) is 18.2 Å². The monoisotopic (exact) mass is 247 g/mol. The van der Waals surface area contributed by atoms with Crippen molar-refractivity contribution in [1.29, 1.82) is 0 Å². The number of anilines is 1. The lowest BCUT2D eigenvalue weighted by molar-refractivity contribution is 0.0691. The topological polar surface area (TPSA) is 88.2 Å². The Morgan fingerprint density at radius 1 is 1.35 bits per heavy atom. The van der Waals surface area contributed by atoms with Gasteiger partial charge in [-0.25, -0.2) is 9.78 Å². The number of thiocarbonyl (C=S) groups is 1. The fourth-order valence-electron chi connectivity index (χ4n) is 1.50. The van der Waals surface area contributed by atoms with Crippen molar-refractivity contribution < 1.29 is 9.90 Å². The number of carbonyl (C=O) groups is 1. The molecule has 0 radical (unpaired) electrons. The number of hydrogen-bond donors (Lipinski definition) is 3. The number of pyridine rings is 1. The van der Waals surface area contributed by atoms with Gasteiger partial charge in [0, 0.05) is 5.39 Å². The van der Waals surface area contributed by atoms with Crippen LogP contribution in [0.1, 0.15) is 10.5 Å². The lowest BCUT2D eigenvalue weighted by Gasteiger charge is -2.07. The number of nitrogens with two attached hydrogens (primary N) is 1. The largest absolute Gasteiger partial charge is 0.477 e. The minimum absolute atomic E-state index is 0.0188. The molecule has 1 heterocycles. The Balaban J connectivity index is 2.63. The van der Waals surface area contributed by atoms with Gasteiger partial charge >= 0.3 is 5.97 Å². The van der Waals surface area contributed by atoms with Gasteiger partial charge in [-0.15, -0.1) is 0 Å². The molecule has 0 aliphatic heterocycles. The molecule has 17 heavy (non-hydrogen) atoms. The van der Waals surface area contributed by atoms with Crippen molar-refractivity contribution in [2.45, 2.75) is 0 Å². The molecule has 4 N–H and O–H groups in total. The van der Waals surface area contributed by atoms with Gasteiger partial charge < -0.3 is 16.2 Å². The third-order valence-electron chi connectivity index (χ3n) is 2.20. The van der Waals surface area contributed by atoms with E-state index in [0.29, 0.717) is 11.2 Å². The summed E-state index contributed by atoms with van der Waals surface area (Å²) in [6.07, 6.45) is 0. The second-order valence-corrected chi connectivity index (χ2v) is 3.81. The van der Waals surface area contributed by atoms with Crippen LogP contribution in [-0.2, 0) is 0 Å². The molecule has 1 aromatic carbocycles. The van der Waals surface area contributed by atoms with Crippen LogP contribution in [0.3, 0.4) is 0 Å². The summed E-state index contributed by atoms with van der Waals surface area (Å²) in [5.41, 5.74) is 6.49. The summed E-state index contributed by atoms with van der Waals surface area (Å²) in [4.78, 5) is 14.9. The van der Waals surface area contributed by atoms with Crippen molar-refractivity contribution in [3.63, 3.8) is 0 Å². The highest BCUT2D eigenvalue weighted by Gasteiger charge is 2.08. The average Bonchev–Trinajstić information content (AvgIpc) is 2.28. The molecule has 0 amide bonds. The molecule has 0 fully saturated rings. The minimum atomic E-state index is -1.07. The van der Waals surface area contributed by atoms with Crippen molar-refractivity contribution in [1.82, 2.24) is 4.98 Å². The van der Waals surface area contributed by atoms with Crippen LogP contribution in [0, 0.1) is 0 Å². The summed E-state index contributed by atoms with van der Waals surface area (Å²) in [7, 11) is 0. The fraction of sp³-hybridized carbons (Fsp3) is 0. The summed E-state index contributed by atoms with van der Waals surface area (Å²) in [5, 5.41) is 12.6. The number of hydrogen-bond acceptors (Lipinski definition) is 3. The molecule has 86 valence electrons. The second-order valence-electron chi connectivity index (χ2n) is 3.37. The first kappa shape index (κ1) is 11.3. The summed E-state index contributed by atoms with van der Waals surface area (Å²) in [6, 6.07) is 8.52. The Bertz CT molecular complexity index is 613. The van der Waals surface area contributed by atoms with E-state index < -0.39 is 5.97 Å². The average molecular weight is 247 g/mol. The first-order chi connectivity index (χ1) is 8.08. The van der Waals surface area contributed by atoms with Crippen molar-refractivity contribution in [3.8, 4) is 0 Å². The van der Waals surface area contributed by atoms with Gasteiger partial charge in [0.05, 0.1) is 11.2 Å². The minimum Gasteiger partial charge on any atom is -0.477 e. The SMILES string of the molecule is NC(=S)Nc1cccc2ccc(C(=O)O)nc12. The van der Waals surface area contributed by atoms with Gasteiger partial charge in [-0.3, -0.25) is 0 Å². The number of carboxylic acid groups (broad SMARTS) is 1. The number of para-hydroxylation sites is 1. The Morgan fingerprint density at radius 2 is 2.12 bits per heavy atom. The fourth-order valence-corrected chi connectivity index (χ4v) is 1.61. The van der Waals surface area contributed by atoms with Gasteiger partial charge in [0.1, 0.15) is 5.69 Å². The van der Waals surface area contributed by atoms with Gasteiger partial charge in [-0.2, -0.15) is 0 Å². The van der Waals surface area contributed by atoms with E-state index in [1.165, 1.54) is 6.07 Å². The molecule has 2 rings (SSSR count). The number of benzene rings is 1. The standard InChI is InChI=1S/C11H9N3O2S/c12-11(17)14-7-3-1-2-6-4-5-8(10(15)16)13-9(6)7/h1-5H,(H,15,16)(H3,12,14,17). The summed E-state index contributed by atoms with van der Waals surface area (Å²) in [6.45, 7) is 0. The molecular formula is C11H9N3O2S. The van der Waals surface area contributed by atoms with E-state index in [1.54, 1.807) is 12.1 Å². The quantitative estimate of drug-likeness (QED) is 0.698. The molecule has 2 aromatic rings. The van der Waals surface area contributed by atoms with E-state index in [-0.39, 0.29) is 10.8 Å². The van der Waals surface area contributed by atoms with Gasteiger partial charge in [-0.05, 0) is 24.4 Å². The van der Waals surface area contributed by atoms with Crippen molar-refractivity contribution in [3.05, 3.63) is 36.0 Å². The molecule has 0 saturated carbocycles. The Hall–Kier alpha value is -2.21. The van der Waals surface area contributed by atoms with Crippen LogP contribution >= 0.6 is 12.2 Å². The zero-order valence-electron chi connectivity index (χ0n) is 8.68. The second kappa shape index (κ2) is 4.34. The normalized spacial score (nSPS) is 10.1. The van der Waals surface area contributed by atoms with Gasteiger partial charge in [0.2, 0.25) is 0 Å². The Labute approximate surface area is 102 Å². The van der Waals surface area contributed by atoms with E-state index in [0.717, 1.165) is 5.39 Å². The van der Waals surface area contributed by atoms with Crippen molar-refractivity contribution >= 4 is 39.9 Å². The summed E-state index contributed by atoms with van der Waals surface area (Å²) in [5.74, 6) is -1.07. The molecule has 0 aliphatic rings. The number of aromatic carboxylic acids is 1. The third-order valence-corrected chi connectivity index (χ3v) is 2.30. The number of fused-ring (bicyclic) bond motifs is 1. The van der Waals surface area contributed by atoms with Crippen LogP contribution < -0.4 is 11.1 Å². The van der Waals surface area contributed by atoms with Crippen LogP contribution in [0.2, 0.25) is 0 Å². The lowest BCUT2D eigenvalue weighted by Crippen LogP contribution is -2.19. The maximum absolute atomic E-state index is 10.8. The maximum atomic E-state index is 10.8. The number of carboxylic acids is 1. The predicted molar refractivity (Wildman–Crippen MR) is 69.1 cm³/mol. The van der Waals surface area contributed by atoms with Crippen LogP contribution in [0.25, 0.3) is 10.9 Å². The summed E-state index contributed by atoms with van der Waals surface area (Å²) >= 11 is 4.75. The van der Waals surface area contributed by atoms with Gasteiger partial charge in [0.15, 0.2) is 5.11 Å². The first-order valence-corrected chi connectivity index (χ1v) is 5.18. The predicted octanol–water partition coefficient (Wildman–Crippen LogP) is 1.59. The maximum Gasteiger partial charge on any atom is 0.354 e. The van der Waals surface area contributed by atoms with Gasteiger partial charge in [0.25, 0.3) is 0 Å². The molecule has 0 spiro atoms. The zero-order chi connectivity index (χ0) is 12.4. The summed E-state index contributed by atoms with van der Waals surface area (Å²) < 4.78 is 0. The van der Waals surface area contributed by atoms with Crippen LogP contribution in [0.4, 0.5) is 5.69 Å². The highest BCUT2D eigenvalue weighted by Crippen LogP contribution is 2.21. The van der Waals surface area contributed by atoms with Crippen molar-refractivity contribution in [2.75, 3.05) is 5.32 Å². The van der Waals surface area contributed by atoms with E-state index in [1.807, 2.05) is 12.1 Å². The lowest BCUT2D eigenvalue weighted by atomic mass is 10.1. The molecule has 0 bridgehead atoms. The Morgan fingerprint density at radius 3 is 2.76 bits per heavy atom.